The molecule has 0 amide bonds. The number of hydrogen-bond acceptors (Lipinski definition) is 1. The third-order valence-electron chi connectivity index (χ3n) is 3.90. The van der Waals surface area contributed by atoms with Gasteiger partial charge in [0.15, 0.2) is 0 Å². The zero-order valence-electron chi connectivity index (χ0n) is 10.6. The van der Waals surface area contributed by atoms with E-state index >= 15 is 0 Å². The van der Waals surface area contributed by atoms with Gasteiger partial charge in [0.2, 0.25) is 0 Å². The molecule has 104 valence electrons. The number of alkyl halides is 3. The fourth-order valence-electron chi connectivity index (χ4n) is 2.96. The van der Waals surface area contributed by atoms with Crippen molar-refractivity contribution in [2.24, 2.45) is 0 Å². The maximum atomic E-state index is 13.1. The first-order valence-corrected chi connectivity index (χ1v) is 6.40. The average molecular weight is 278 g/mol. The molecule has 1 aliphatic rings. The predicted molar refractivity (Wildman–Crippen MR) is 69.2 cm³/mol. The molecule has 0 heterocycles. The summed E-state index contributed by atoms with van der Waals surface area (Å²) >= 11 is 0. The van der Waals surface area contributed by atoms with E-state index in [0.717, 1.165) is 11.6 Å². The van der Waals surface area contributed by atoms with Crippen molar-refractivity contribution in [1.29, 1.82) is 0 Å². The normalized spacial score (nSPS) is 21.8. The minimum atomic E-state index is -4.47. The van der Waals surface area contributed by atoms with Crippen molar-refractivity contribution in [3.05, 3.63) is 70.8 Å². The van der Waals surface area contributed by atoms with Gasteiger partial charge in [0.05, 0.1) is 5.56 Å². The van der Waals surface area contributed by atoms with Crippen molar-refractivity contribution in [3.8, 4) is 0 Å². The summed E-state index contributed by atoms with van der Waals surface area (Å²) in [6.45, 7) is 0. The number of fused-ring (bicyclic) bond motifs is 1. The highest BCUT2D eigenvalue weighted by Crippen LogP contribution is 2.46. The molecule has 4 heteroatoms. The second kappa shape index (κ2) is 4.35. The lowest BCUT2D eigenvalue weighted by Crippen LogP contribution is -2.27. The van der Waals surface area contributed by atoms with Crippen LogP contribution < -0.4 is 0 Å². The Morgan fingerprint density at radius 1 is 0.900 bits per heavy atom. The molecule has 1 atom stereocenters. The van der Waals surface area contributed by atoms with Gasteiger partial charge in [-0.15, -0.1) is 0 Å². The number of hydrogen-bond donors (Lipinski definition) is 1. The van der Waals surface area contributed by atoms with E-state index in [0.29, 0.717) is 12.0 Å². The zero-order valence-corrected chi connectivity index (χ0v) is 10.6. The largest absolute Gasteiger partial charge is 0.416 e. The Morgan fingerprint density at radius 3 is 2.20 bits per heavy atom. The molecule has 1 N–H and O–H groups in total. The number of aryl methyl sites for hydroxylation is 1. The lowest BCUT2D eigenvalue weighted by atomic mass is 9.84. The van der Waals surface area contributed by atoms with Crippen LogP contribution >= 0.6 is 0 Å². The highest BCUT2D eigenvalue weighted by atomic mass is 19.4. The quantitative estimate of drug-likeness (QED) is 0.839. The Morgan fingerprint density at radius 2 is 1.50 bits per heavy atom. The van der Waals surface area contributed by atoms with E-state index in [1.54, 1.807) is 12.1 Å². The standard InChI is InChI=1S/C16H13F3O/c17-16(18,19)14-8-4-3-7-13(14)15(20)10-9-11-5-1-2-6-12(11)15/h1-8,20H,9-10H2. The van der Waals surface area contributed by atoms with Gasteiger partial charge < -0.3 is 5.11 Å². The Bertz CT molecular complexity index is 648. The summed E-state index contributed by atoms with van der Waals surface area (Å²) in [6.07, 6.45) is -3.61. The summed E-state index contributed by atoms with van der Waals surface area (Å²) in [5.41, 5.74) is -0.886. The summed E-state index contributed by atoms with van der Waals surface area (Å²) in [6, 6.07) is 12.4. The Hall–Kier alpha value is -1.81. The molecule has 0 fully saturated rings. The van der Waals surface area contributed by atoms with Crippen LogP contribution in [0, 0.1) is 0 Å². The fourth-order valence-corrected chi connectivity index (χ4v) is 2.96. The van der Waals surface area contributed by atoms with Crippen LogP contribution in [0.5, 0.6) is 0 Å². The van der Waals surface area contributed by atoms with Gasteiger partial charge in [-0.3, -0.25) is 0 Å². The molecular weight excluding hydrogens is 265 g/mol. The molecule has 1 unspecified atom stereocenters. The van der Waals surface area contributed by atoms with Gasteiger partial charge in [0.25, 0.3) is 0 Å². The van der Waals surface area contributed by atoms with Crippen molar-refractivity contribution in [1.82, 2.24) is 0 Å². The third-order valence-corrected chi connectivity index (χ3v) is 3.90. The van der Waals surface area contributed by atoms with Crippen LogP contribution in [0.4, 0.5) is 13.2 Å². The Labute approximate surface area is 114 Å². The summed E-state index contributed by atoms with van der Waals surface area (Å²) in [4.78, 5) is 0. The van der Waals surface area contributed by atoms with E-state index < -0.39 is 17.3 Å². The molecule has 1 aliphatic carbocycles. The van der Waals surface area contributed by atoms with E-state index in [2.05, 4.69) is 0 Å². The molecule has 2 aromatic carbocycles. The summed E-state index contributed by atoms with van der Waals surface area (Å²) < 4.78 is 39.4. The first kappa shape index (κ1) is 13.2. The average Bonchev–Trinajstić information content (AvgIpc) is 2.77. The van der Waals surface area contributed by atoms with Crippen LogP contribution in [0.25, 0.3) is 0 Å². The molecule has 0 aromatic heterocycles. The molecule has 0 spiro atoms. The number of halogens is 3. The molecule has 2 aromatic rings. The van der Waals surface area contributed by atoms with Gasteiger partial charge in [-0.25, -0.2) is 0 Å². The summed E-state index contributed by atoms with van der Waals surface area (Å²) in [5, 5.41) is 10.9. The minimum Gasteiger partial charge on any atom is -0.380 e. The van der Waals surface area contributed by atoms with Crippen molar-refractivity contribution in [2.75, 3.05) is 0 Å². The molecule has 20 heavy (non-hydrogen) atoms. The maximum absolute atomic E-state index is 13.1. The molecule has 0 bridgehead atoms. The lowest BCUT2D eigenvalue weighted by molar-refractivity contribution is -0.140. The van der Waals surface area contributed by atoms with Crippen molar-refractivity contribution < 1.29 is 18.3 Å². The van der Waals surface area contributed by atoms with E-state index in [1.807, 2.05) is 12.1 Å². The molecule has 3 rings (SSSR count). The molecule has 0 aliphatic heterocycles. The van der Waals surface area contributed by atoms with Crippen LogP contribution in [-0.4, -0.2) is 5.11 Å². The SMILES string of the molecule is OC1(c2ccccc2C(F)(F)F)CCc2ccccc21. The highest BCUT2D eigenvalue weighted by molar-refractivity contribution is 5.48. The zero-order chi connectivity index (χ0) is 14.4. The molecule has 0 saturated heterocycles. The van der Waals surface area contributed by atoms with Gasteiger partial charge in [-0.05, 0) is 30.0 Å². The second-order valence-corrected chi connectivity index (χ2v) is 5.06. The molecular formula is C16H13F3O. The Balaban J connectivity index is 2.20. The maximum Gasteiger partial charge on any atom is 0.416 e. The van der Waals surface area contributed by atoms with E-state index in [9.17, 15) is 18.3 Å². The highest BCUT2D eigenvalue weighted by Gasteiger charge is 2.44. The van der Waals surface area contributed by atoms with Crippen molar-refractivity contribution >= 4 is 0 Å². The first-order chi connectivity index (χ1) is 9.43. The smallest absolute Gasteiger partial charge is 0.380 e. The minimum absolute atomic E-state index is 0.0579. The Kier molecular flexibility index (Phi) is 2.87. The summed E-state index contributed by atoms with van der Waals surface area (Å²) in [5.74, 6) is 0. The van der Waals surface area contributed by atoms with E-state index in [4.69, 9.17) is 0 Å². The first-order valence-electron chi connectivity index (χ1n) is 6.40. The number of rotatable bonds is 1. The van der Waals surface area contributed by atoms with Crippen LogP contribution in [0.3, 0.4) is 0 Å². The van der Waals surface area contributed by atoms with E-state index in [1.165, 1.54) is 18.2 Å². The number of benzene rings is 2. The van der Waals surface area contributed by atoms with E-state index in [-0.39, 0.29) is 12.0 Å². The van der Waals surface area contributed by atoms with Gasteiger partial charge in [-0.2, -0.15) is 13.2 Å². The molecule has 0 radical (unpaired) electrons. The fraction of sp³-hybridized carbons (Fsp3) is 0.250. The van der Waals surface area contributed by atoms with Crippen LogP contribution in [0.1, 0.15) is 28.7 Å². The second-order valence-electron chi connectivity index (χ2n) is 5.06. The van der Waals surface area contributed by atoms with Crippen molar-refractivity contribution in [3.63, 3.8) is 0 Å². The third kappa shape index (κ3) is 1.91. The monoisotopic (exact) mass is 278 g/mol. The van der Waals surface area contributed by atoms with Gasteiger partial charge in [0, 0.05) is 5.56 Å². The molecule has 1 nitrogen and oxygen atoms in total. The van der Waals surface area contributed by atoms with Crippen LogP contribution in [0.15, 0.2) is 48.5 Å². The van der Waals surface area contributed by atoms with Gasteiger partial charge in [-0.1, -0.05) is 42.5 Å². The summed E-state index contributed by atoms with van der Waals surface area (Å²) in [7, 11) is 0. The van der Waals surface area contributed by atoms with Gasteiger partial charge >= 0.3 is 6.18 Å². The predicted octanol–water partition coefficient (Wildman–Crippen LogP) is 3.89. The van der Waals surface area contributed by atoms with Crippen LogP contribution in [-0.2, 0) is 18.2 Å². The lowest BCUT2D eigenvalue weighted by Gasteiger charge is -2.28. The molecule has 0 saturated carbocycles. The van der Waals surface area contributed by atoms with Crippen molar-refractivity contribution in [2.45, 2.75) is 24.6 Å². The van der Waals surface area contributed by atoms with Crippen LogP contribution in [0.2, 0.25) is 0 Å². The topological polar surface area (TPSA) is 20.2 Å². The van der Waals surface area contributed by atoms with Gasteiger partial charge in [0.1, 0.15) is 5.60 Å². The number of aliphatic hydroxyl groups is 1.